The molecule has 17 nitrogen and oxygen atoms in total. The third kappa shape index (κ3) is 76.3. The van der Waals surface area contributed by atoms with Crippen LogP contribution in [0.25, 0.3) is 0 Å². The van der Waals surface area contributed by atoms with Gasteiger partial charge in [0.1, 0.15) is 19.3 Å². The number of hydrogen-bond acceptors (Lipinski definition) is 15. The van der Waals surface area contributed by atoms with Gasteiger partial charge in [-0.3, -0.25) is 37.3 Å². The summed E-state index contributed by atoms with van der Waals surface area (Å²) in [5.41, 5.74) is 0. The van der Waals surface area contributed by atoms with Crippen molar-refractivity contribution in [1.82, 2.24) is 0 Å². The zero-order valence-corrected chi connectivity index (χ0v) is 68.9. The molecule has 102 heavy (non-hydrogen) atoms. The predicted octanol–water partition coefficient (Wildman–Crippen LogP) is 24.9. The summed E-state index contributed by atoms with van der Waals surface area (Å²) in [5, 5.41) is 10.6. The van der Waals surface area contributed by atoms with Crippen molar-refractivity contribution >= 4 is 39.5 Å². The van der Waals surface area contributed by atoms with Crippen LogP contribution in [0.1, 0.15) is 434 Å². The Kier molecular flexibility index (Phi) is 71.8. The molecule has 0 aliphatic heterocycles. The number of carbonyl (C=O) groups excluding carboxylic acids is 4. The maximum Gasteiger partial charge on any atom is 0.472 e. The Morgan fingerprint density at radius 2 is 0.451 bits per heavy atom. The van der Waals surface area contributed by atoms with Gasteiger partial charge in [0.15, 0.2) is 12.2 Å². The van der Waals surface area contributed by atoms with Crippen LogP contribution in [-0.4, -0.2) is 96.7 Å². The Morgan fingerprint density at radius 3 is 0.667 bits per heavy atom. The van der Waals surface area contributed by atoms with Crippen LogP contribution in [0.15, 0.2) is 0 Å². The highest BCUT2D eigenvalue weighted by atomic mass is 31.2. The van der Waals surface area contributed by atoms with Gasteiger partial charge in [0.2, 0.25) is 0 Å². The maximum absolute atomic E-state index is 13.1. The van der Waals surface area contributed by atoms with E-state index in [1.807, 2.05) is 0 Å². The summed E-state index contributed by atoms with van der Waals surface area (Å²) in [6.07, 6.45) is 63.0. The van der Waals surface area contributed by atoms with E-state index in [4.69, 9.17) is 37.0 Å². The molecule has 0 radical (unpaired) electrons. The highest BCUT2D eigenvalue weighted by Crippen LogP contribution is 2.45. The van der Waals surface area contributed by atoms with Crippen LogP contribution in [0.3, 0.4) is 0 Å². The molecule has 0 aromatic heterocycles. The Morgan fingerprint density at radius 1 is 0.265 bits per heavy atom. The number of unbranched alkanes of at least 4 members (excludes halogenated alkanes) is 49. The number of aliphatic hydroxyl groups is 1. The lowest BCUT2D eigenvalue weighted by molar-refractivity contribution is -0.161. The van der Waals surface area contributed by atoms with E-state index >= 15 is 0 Å². The fourth-order valence-electron chi connectivity index (χ4n) is 12.8. The normalized spacial score (nSPS) is 13.9. The molecule has 0 amide bonds. The number of carbonyl (C=O) groups is 4. The molecule has 0 saturated carbocycles. The highest BCUT2D eigenvalue weighted by molar-refractivity contribution is 7.47. The van der Waals surface area contributed by atoms with Gasteiger partial charge in [0.25, 0.3) is 0 Å². The van der Waals surface area contributed by atoms with Crippen LogP contribution in [0, 0.1) is 17.8 Å². The summed E-state index contributed by atoms with van der Waals surface area (Å²) < 4.78 is 68.7. The van der Waals surface area contributed by atoms with Crippen molar-refractivity contribution in [2.75, 3.05) is 39.6 Å². The van der Waals surface area contributed by atoms with Gasteiger partial charge in [-0.25, -0.2) is 9.13 Å². The van der Waals surface area contributed by atoms with Crippen molar-refractivity contribution in [2.45, 2.75) is 452 Å². The molecule has 3 N–H and O–H groups in total. The number of aliphatic hydroxyl groups excluding tert-OH is 1. The van der Waals surface area contributed by atoms with E-state index < -0.39 is 97.5 Å². The van der Waals surface area contributed by atoms with Crippen molar-refractivity contribution in [3.8, 4) is 0 Å². The van der Waals surface area contributed by atoms with Gasteiger partial charge in [-0.1, -0.05) is 382 Å². The largest absolute Gasteiger partial charge is 0.472 e. The molecule has 0 rings (SSSR count). The average molecular weight is 1490 g/mol. The second-order valence-corrected chi connectivity index (χ2v) is 34.2. The number of phosphoric ester groups is 2. The zero-order chi connectivity index (χ0) is 75.1. The zero-order valence-electron chi connectivity index (χ0n) is 67.1. The lowest BCUT2D eigenvalue weighted by Crippen LogP contribution is -2.30. The predicted molar refractivity (Wildman–Crippen MR) is 418 cm³/mol. The van der Waals surface area contributed by atoms with Crippen molar-refractivity contribution in [1.29, 1.82) is 0 Å². The fourth-order valence-corrected chi connectivity index (χ4v) is 14.4. The molecule has 0 saturated heterocycles. The molecule has 0 spiro atoms. The van der Waals surface area contributed by atoms with Gasteiger partial charge < -0.3 is 33.8 Å². The van der Waals surface area contributed by atoms with Crippen LogP contribution < -0.4 is 0 Å². The molecule has 0 fully saturated rings. The first-order chi connectivity index (χ1) is 49.2. The number of rotatable bonds is 81. The van der Waals surface area contributed by atoms with Crippen molar-refractivity contribution in [2.24, 2.45) is 17.8 Å². The minimum Gasteiger partial charge on any atom is -0.462 e. The van der Waals surface area contributed by atoms with Crippen molar-refractivity contribution in [3.05, 3.63) is 0 Å². The minimum atomic E-state index is -4.96. The van der Waals surface area contributed by atoms with Gasteiger partial charge >= 0.3 is 39.5 Å². The molecule has 0 aliphatic rings. The molecule has 606 valence electrons. The fraction of sp³-hybridized carbons (Fsp3) is 0.952. The van der Waals surface area contributed by atoms with Gasteiger partial charge in [-0.2, -0.15) is 0 Å². The number of ether oxygens (including phenoxy) is 4. The number of phosphoric acid groups is 2. The van der Waals surface area contributed by atoms with E-state index in [1.54, 1.807) is 0 Å². The summed E-state index contributed by atoms with van der Waals surface area (Å²) in [4.78, 5) is 73.0. The molecule has 0 heterocycles. The Bertz CT molecular complexity index is 1970. The minimum absolute atomic E-state index is 0.104. The van der Waals surface area contributed by atoms with Gasteiger partial charge in [-0.05, 0) is 43.4 Å². The van der Waals surface area contributed by atoms with Crippen LogP contribution in [0.2, 0.25) is 0 Å². The van der Waals surface area contributed by atoms with E-state index in [0.717, 1.165) is 108 Å². The first-order valence-electron chi connectivity index (χ1n) is 42.8. The maximum atomic E-state index is 13.1. The van der Waals surface area contributed by atoms with Gasteiger partial charge in [-0.15, -0.1) is 0 Å². The van der Waals surface area contributed by atoms with Crippen molar-refractivity contribution < 1.29 is 80.2 Å². The van der Waals surface area contributed by atoms with Gasteiger partial charge in [0, 0.05) is 25.7 Å². The third-order valence-corrected chi connectivity index (χ3v) is 21.3. The van der Waals surface area contributed by atoms with Crippen molar-refractivity contribution in [3.63, 3.8) is 0 Å². The molecule has 0 aromatic rings. The smallest absolute Gasteiger partial charge is 0.462 e. The SMILES string of the molecule is CCCCCCCCCCCCCCCCCCCCCCCC(=O)OC[C@H](COP(=O)(O)OC[C@@H](O)COP(=O)(O)OC[C@@H](COC(=O)CCCCCCCCC(C)C)OC(=O)CCCCCCCCCCC(C)C)OC(=O)CCCCCCCCCCCCCCCCCCCCC(C)C. The molecule has 19 heteroatoms. The van der Waals surface area contributed by atoms with Gasteiger partial charge in [0.05, 0.1) is 26.4 Å². The number of esters is 4. The lowest BCUT2D eigenvalue weighted by Gasteiger charge is -2.21. The summed E-state index contributed by atoms with van der Waals surface area (Å²) in [7, 11) is -9.92. The van der Waals surface area contributed by atoms with Crippen LogP contribution in [0.5, 0.6) is 0 Å². The standard InChI is InChI=1S/C83H162O17P2/c1-8-9-10-11-12-13-14-15-16-17-18-19-20-24-27-30-33-36-42-50-57-64-80(85)93-70-78(99-82(87)66-59-52-43-37-34-31-28-25-22-21-23-26-29-32-35-40-47-54-61-74(2)3)72-97-101(89,90)95-68-77(84)69-96-102(91,92)98-73-79(71-94-81(86)65-58-51-46-45-49-56-63-76(6)7)100-83(88)67-60-53-44-39-38-41-48-55-62-75(4)5/h74-79,84H,8-73H2,1-7H3,(H,89,90)(H,91,92)/t77-,78-,79-/m1/s1. The summed E-state index contributed by atoms with van der Waals surface area (Å²) >= 11 is 0. The molecule has 5 atom stereocenters. The molecule has 0 bridgehead atoms. The molecular formula is C83H162O17P2. The van der Waals surface area contributed by atoms with E-state index in [0.29, 0.717) is 31.6 Å². The lowest BCUT2D eigenvalue weighted by atomic mass is 10.0. The average Bonchev–Trinajstić information content (AvgIpc) is 1.08. The molecule has 0 aromatic carbocycles. The quantitative estimate of drug-likeness (QED) is 0.0222. The number of hydrogen-bond donors (Lipinski definition) is 3. The molecule has 0 aliphatic carbocycles. The third-order valence-electron chi connectivity index (χ3n) is 19.4. The van der Waals surface area contributed by atoms with Crippen LogP contribution in [0.4, 0.5) is 0 Å². The highest BCUT2D eigenvalue weighted by Gasteiger charge is 2.30. The first kappa shape index (κ1) is 100. The molecular weight excluding hydrogens is 1330 g/mol. The van der Waals surface area contributed by atoms with E-state index in [9.17, 15) is 43.2 Å². The first-order valence-corrected chi connectivity index (χ1v) is 45.8. The Hall–Kier alpha value is -1.94. The summed E-state index contributed by atoms with van der Waals surface area (Å²) in [5.74, 6) is 0.103. The summed E-state index contributed by atoms with van der Waals surface area (Å²) in [6.45, 7) is 11.8. The monoisotopic (exact) mass is 1490 g/mol. The molecule has 2 unspecified atom stereocenters. The Labute approximate surface area is 626 Å². The Balaban J connectivity index is 5.18. The van der Waals surface area contributed by atoms with E-state index in [2.05, 4.69) is 48.5 Å². The van der Waals surface area contributed by atoms with Crippen LogP contribution in [-0.2, 0) is 65.4 Å². The van der Waals surface area contributed by atoms with Crippen LogP contribution >= 0.6 is 15.6 Å². The topological polar surface area (TPSA) is 237 Å². The second-order valence-electron chi connectivity index (χ2n) is 31.3. The second kappa shape index (κ2) is 73.2. The van der Waals surface area contributed by atoms with E-state index in [1.165, 1.54) is 238 Å². The summed E-state index contributed by atoms with van der Waals surface area (Å²) in [6, 6.07) is 0. The van der Waals surface area contributed by atoms with E-state index in [-0.39, 0.29) is 25.7 Å².